The molecule has 4 heavy (non-hydrogen) atoms. The van der Waals surface area contributed by atoms with Gasteiger partial charge in [-0.1, -0.05) is 0 Å². The molecule has 21 valence electrons. The van der Waals surface area contributed by atoms with Crippen molar-refractivity contribution >= 4 is 0 Å². The molecule has 0 aliphatic carbocycles. The summed E-state index contributed by atoms with van der Waals surface area (Å²) >= 11 is 0. The normalized spacial score (nSPS) is 0. The summed E-state index contributed by atoms with van der Waals surface area (Å²) in [5, 5.41) is 0. The summed E-state index contributed by atoms with van der Waals surface area (Å²) in [7, 11) is 0. The first-order valence-electron chi connectivity index (χ1n) is 0. The summed E-state index contributed by atoms with van der Waals surface area (Å²) in [6.45, 7) is 0. The van der Waals surface area contributed by atoms with E-state index >= 15 is 0 Å². The van der Waals surface area contributed by atoms with E-state index in [2.05, 4.69) is 0 Å². The maximum Gasteiger partial charge on any atom is 4.00 e. The zero-order valence-electron chi connectivity index (χ0n) is 1.76. The second-order valence-electron chi connectivity index (χ2n) is 0. The van der Waals surface area contributed by atoms with Gasteiger partial charge in [0.25, 0.3) is 0 Å². The van der Waals surface area contributed by atoms with Crippen LogP contribution in [0.25, 0.3) is 0 Å². The van der Waals surface area contributed by atoms with Crippen LogP contribution in [-0.4, -0.2) is 0 Å². The Labute approximate surface area is 58.9 Å². The molecule has 0 aromatic rings. The van der Waals surface area contributed by atoms with Crippen molar-refractivity contribution in [3.8, 4) is 0 Å². The Bertz CT molecular complexity index is 6.00. The summed E-state index contributed by atoms with van der Waals surface area (Å²) in [6, 6.07) is 0. The molecule has 0 saturated heterocycles. The minimum absolute atomic E-state index is 0. The second-order valence-corrected chi connectivity index (χ2v) is 0. The fourth-order valence-electron chi connectivity index (χ4n) is 0. The minimum atomic E-state index is 0. The van der Waals surface area contributed by atoms with Crippen molar-refractivity contribution in [1.29, 1.82) is 0 Å². The molecule has 0 rings (SSSR count). The van der Waals surface area contributed by atoms with Gasteiger partial charge in [-0.25, -0.2) is 0 Å². The van der Waals surface area contributed by atoms with Gasteiger partial charge in [-0.3, -0.25) is 0 Å². The molecule has 2 nitrogen and oxygen atoms in total. The van der Waals surface area contributed by atoms with E-state index < -0.39 is 0 Å². The fraction of sp³-hybridized carbons (Fsp3) is 0. The second kappa shape index (κ2) is 24.1. The van der Waals surface area contributed by atoms with Gasteiger partial charge in [0.2, 0.25) is 0 Å². The van der Waals surface area contributed by atoms with Crippen molar-refractivity contribution in [2.24, 2.45) is 0 Å². The molecule has 0 aliphatic heterocycles. The van der Waals surface area contributed by atoms with Crippen molar-refractivity contribution in [3.05, 3.63) is 0 Å². The van der Waals surface area contributed by atoms with E-state index in [0.717, 1.165) is 0 Å². The molecule has 0 aromatic heterocycles. The van der Waals surface area contributed by atoms with Gasteiger partial charge in [-0.2, -0.15) is 0 Å². The van der Waals surface area contributed by atoms with Crippen LogP contribution in [0.15, 0.2) is 0 Å². The summed E-state index contributed by atoms with van der Waals surface area (Å²) in [5.74, 6) is 0. The van der Waals surface area contributed by atoms with E-state index in [1.165, 1.54) is 0 Å². The molecular formula is HfO2Ta. The van der Waals surface area contributed by atoms with E-state index in [9.17, 15) is 0 Å². The number of hydrogen-bond donors (Lipinski definition) is 0. The van der Waals surface area contributed by atoms with Gasteiger partial charge in [-0.05, 0) is 0 Å². The van der Waals surface area contributed by atoms with Crippen LogP contribution in [0.3, 0.4) is 0 Å². The summed E-state index contributed by atoms with van der Waals surface area (Å²) in [5.41, 5.74) is 0. The molecule has 0 fully saturated rings. The van der Waals surface area contributed by atoms with Crippen molar-refractivity contribution in [1.82, 2.24) is 0 Å². The molecule has 4 heteroatoms. The van der Waals surface area contributed by atoms with Gasteiger partial charge in [0.15, 0.2) is 0 Å². The third-order valence-corrected chi connectivity index (χ3v) is 0. The van der Waals surface area contributed by atoms with Gasteiger partial charge in [0.1, 0.15) is 0 Å². The van der Waals surface area contributed by atoms with E-state index in [1.807, 2.05) is 0 Å². The van der Waals surface area contributed by atoms with Crippen molar-refractivity contribution in [3.63, 3.8) is 0 Å². The Morgan fingerprint density at radius 3 is 0.750 bits per heavy atom. The average molecular weight is 391 g/mol. The molecule has 0 heterocycles. The Hall–Kier alpha value is 1.53. The maximum absolute atomic E-state index is 0. The van der Waals surface area contributed by atoms with Crippen LogP contribution in [0, 0.1) is 0 Å². The molecular weight excluding hydrogens is 391 g/mol. The van der Waals surface area contributed by atoms with E-state index in [0.29, 0.717) is 0 Å². The summed E-state index contributed by atoms with van der Waals surface area (Å²) in [4.78, 5) is 0. The largest absolute Gasteiger partial charge is 4.00 e. The van der Waals surface area contributed by atoms with Crippen LogP contribution in [0.4, 0.5) is 0 Å². The Morgan fingerprint density at radius 2 is 0.750 bits per heavy atom. The van der Waals surface area contributed by atoms with Crippen LogP contribution >= 0.6 is 0 Å². The summed E-state index contributed by atoms with van der Waals surface area (Å²) in [6.07, 6.45) is 0. The summed E-state index contributed by atoms with van der Waals surface area (Å²) < 4.78 is 0. The Morgan fingerprint density at radius 1 is 0.750 bits per heavy atom. The first-order chi connectivity index (χ1) is 0. The van der Waals surface area contributed by atoms with Crippen LogP contribution in [-0.2, 0) is 59.2 Å². The topological polar surface area (TPSA) is 57.0 Å². The van der Waals surface area contributed by atoms with Crippen molar-refractivity contribution < 1.29 is 59.2 Å². The van der Waals surface area contributed by atoms with E-state index in [1.54, 1.807) is 0 Å². The van der Waals surface area contributed by atoms with Gasteiger partial charge in [0.05, 0.1) is 0 Å². The Balaban J connectivity index is 0. The van der Waals surface area contributed by atoms with E-state index in [4.69, 9.17) is 0 Å². The maximum atomic E-state index is 0. The molecule has 0 aromatic carbocycles. The molecule has 0 amide bonds. The minimum Gasteiger partial charge on any atom is -2.00 e. The van der Waals surface area contributed by atoms with Gasteiger partial charge in [0, 0.05) is 22.4 Å². The fourth-order valence-corrected chi connectivity index (χ4v) is 0. The predicted octanol–water partition coefficient (Wildman–Crippen LogP) is -0.243. The zero-order valence-corrected chi connectivity index (χ0v) is 8.57. The van der Waals surface area contributed by atoms with Crippen LogP contribution in [0.5, 0.6) is 0 Å². The van der Waals surface area contributed by atoms with Crippen molar-refractivity contribution in [2.45, 2.75) is 0 Å². The van der Waals surface area contributed by atoms with Gasteiger partial charge in [-0.15, -0.1) is 0 Å². The van der Waals surface area contributed by atoms with Crippen molar-refractivity contribution in [2.75, 3.05) is 0 Å². The SMILES string of the molecule is [Hf+4].[O-2].[O-2].[Ta]. The molecule has 1 radical (unpaired) electrons. The average Bonchev–Trinajstić information content (AvgIpc) is 0. The number of rotatable bonds is 0. The third kappa shape index (κ3) is 9.65. The standard InChI is InChI=1S/Hf.2O.Ta/q+4;2*-2;. The van der Waals surface area contributed by atoms with Gasteiger partial charge < -0.3 is 11.0 Å². The molecule has 0 aliphatic rings. The molecule has 0 bridgehead atoms. The molecule has 0 saturated carbocycles. The zero-order chi connectivity index (χ0) is 0. The monoisotopic (exact) mass is 393 g/mol. The van der Waals surface area contributed by atoms with Gasteiger partial charge >= 0.3 is 25.8 Å². The third-order valence-electron chi connectivity index (χ3n) is 0. The molecule has 0 unspecified atom stereocenters. The molecule has 0 N–H and O–H groups in total. The van der Waals surface area contributed by atoms with Crippen LogP contribution in [0.1, 0.15) is 0 Å². The smallest absolute Gasteiger partial charge is 2.00 e. The predicted molar refractivity (Wildman–Crippen MR) is 1.37 cm³/mol. The molecule has 0 spiro atoms. The number of hydrogen-bond acceptors (Lipinski definition) is 0. The first-order valence-corrected chi connectivity index (χ1v) is 0. The Kier molecular flexibility index (Phi) is 292. The van der Waals surface area contributed by atoms with Crippen LogP contribution in [0.2, 0.25) is 0 Å². The van der Waals surface area contributed by atoms with E-state index in [-0.39, 0.29) is 59.2 Å². The van der Waals surface area contributed by atoms with Crippen LogP contribution < -0.4 is 0 Å². The quantitative estimate of drug-likeness (QED) is 0.512. The molecule has 0 atom stereocenters. The first kappa shape index (κ1) is 48.5.